The summed E-state index contributed by atoms with van der Waals surface area (Å²) in [7, 11) is 0. The number of esters is 1. The summed E-state index contributed by atoms with van der Waals surface area (Å²) in [5.74, 6) is 1.30. The van der Waals surface area contributed by atoms with Crippen molar-refractivity contribution in [2.75, 3.05) is 13.1 Å². The lowest BCUT2D eigenvalue weighted by Crippen LogP contribution is -2.32. The van der Waals surface area contributed by atoms with E-state index in [4.69, 9.17) is 4.74 Å². The molecule has 0 amide bonds. The third-order valence-electron chi connectivity index (χ3n) is 4.46. The molecule has 0 radical (unpaired) electrons. The van der Waals surface area contributed by atoms with Gasteiger partial charge in [-0.05, 0) is 57.0 Å². The molecule has 1 saturated carbocycles. The third-order valence-corrected chi connectivity index (χ3v) is 4.46. The van der Waals surface area contributed by atoms with E-state index >= 15 is 0 Å². The molecule has 1 heterocycles. The lowest BCUT2D eigenvalue weighted by molar-refractivity contribution is -0.152. The molecule has 0 aromatic carbocycles. The SMILES string of the molecule is CCC1CCCC(OC(=O)CC2CCCNC2)C1. The van der Waals surface area contributed by atoms with Gasteiger partial charge in [0.15, 0.2) is 0 Å². The molecule has 2 rings (SSSR count). The summed E-state index contributed by atoms with van der Waals surface area (Å²) in [4.78, 5) is 11.9. The highest BCUT2D eigenvalue weighted by molar-refractivity contribution is 5.69. The minimum atomic E-state index is 0.0328. The lowest BCUT2D eigenvalue weighted by atomic mass is 9.85. The van der Waals surface area contributed by atoms with E-state index in [0.717, 1.165) is 31.8 Å². The van der Waals surface area contributed by atoms with Gasteiger partial charge in [0.1, 0.15) is 6.10 Å². The molecule has 0 aromatic heterocycles. The second-order valence-electron chi connectivity index (χ2n) is 5.97. The van der Waals surface area contributed by atoms with Gasteiger partial charge in [-0.3, -0.25) is 4.79 Å². The van der Waals surface area contributed by atoms with Gasteiger partial charge in [-0.15, -0.1) is 0 Å². The normalized spacial score (nSPS) is 33.1. The first-order valence-corrected chi connectivity index (χ1v) is 7.68. The van der Waals surface area contributed by atoms with Crippen molar-refractivity contribution in [2.24, 2.45) is 11.8 Å². The number of nitrogens with one attached hydrogen (secondary N) is 1. The van der Waals surface area contributed by atoms with E-state index in [1.165, 1.54) is 32.1 Å². The van der Waals surface area contributed by atoms with Gasteiger partial charge in [0.25, 0.3) is 0 Å². The largest absolute Gasteiger partial charge is 0.462 e. The maximum atomic E-state index is 11.9. The first-order valence-electron chi connectivity index (χ1n) is 7.68. The zero-order valence-corrected chi connectivity index (χ0v) is 11.6. The molecule has 3 nitrogen and oxygen atoms in total. The third kappa shape index (κ3) is 4.27. The van der Waals surface area contributed by atoms with Crippen molar-refractivity contribution in [1.29, 1.82) is 0 Å². The minimum absolute atomic E-state index is 0.0328. The zero-order chi connectivity index (χ0) is 12.8. The number of carbonyl (C=O) groups is 1. The standard InChI is InChI=1S/C15H27NO2/c1-2-12-5-3-7-14(9-12)18-15(17)10-13-6-4-8-16-11-13/h12-14,16H,2-11H2,1H3. The Hall–Kier alpha value is -0.570. The van der Waals surface area contributed by atoms with Crippen molar-refractivity contribution in [2.45, 2.75) is 64.4 Å². The van der Waals surface area contributed by atoms with Crippen LogP contribution in [0.3, 0.4) is 0 Å². The molecule has 1 aliphatic carbocycles. The van der Waals surface area contributed by atoms with E-state index < -0.39 is 0 Å². The average Bonchev–Trinajstić information content (AvgIpc) is 2.40. The van der Waals surface area contributed by atoms with Crippen LogP contribution in [0.2, 0.25) is 0 Å². The van der Waals surface area contributed by atoms with Gasteiger partial charge in [-0.1, -0.05) is 19.8 Å². The molecule has 0 spiro atoms. The molecule has 0 aromatic rings. The van der Waals surface area contributed by atoms with E-state index in [0.29, 0.717) is 12.3 Å². The Kier molecular flexibility index (Phi) is 5.48. The monoisotopic (exact) mass is 253 g/mol. The molecule has 18 heavy (non-hydrogen) atoms. The molecule has 2 fully saturated rings. The zero-order valence-electron chi connectivity index (χ0n) is 11.6. The van der Waals surface area contributed by atoms with Crippen molar-refractivity contribution >= 4 is 5.97 Å². The quantitative estimate of drug-likeness (QED) is 0.783. The van der Waals surface area contributed by atoms with Gasteiger partial charge in [-0.2, -0.15) is 0 Å². The summed E-state index contributed by atoms with van der Waals surface area (Å²) in [6.45, 7) is 4.33. The van der Waals surface area contributed by atoms with E-state index in [9.17, 15) is 4.79 Å². The number of piperidine rings is 1. The molecule has 2 aliphatic rings. The Labute approximate surface area is 111 Å². The highest BCUT2D eigenvalue weighted by Crippen LogP contribution is 2.29. The predicted molar refractivity (Wildman–Crippen MR) is 72.3 cm³/mol. The molecule has 1 N–H and O–H groups in total. The summed E-state index contributed by atoms with van der Waals surface area (Å²) >= 11 is 0. The summed E-state index contributed by atoms with van der Waals surface area (Å²) in [6.07, 6.45) is 9.10. The summed E-state index contributed by atoms with van der Waals surface area (Å²) in [6, 6.07) is 0. The first kappa shape index (κ1) is 13.9. The molecule has 3 atom stereocenters. The molecule has 3 unspecified atom stereocenters. The van der Waals surface area contributed by atoms with Gasteiger partial charge >= 0.3 is 5.97 Å². The molecule has 104 valence electrons. The Bertz CT molecular complexity index is 261. The molecule has 1 aliphatic heterocycles. The van der Waals surface area contributed by atoms with E-state index in [1.54, 1.807) is 0 Å². The Morgan fingerprint density at radius 3 is 2.78 bits per heavy atom. The number of hydrogen-bond acceptors (Lipinski definition) is 3. The van der Waals surface area contributed by atoms with Crippen LogP contribution in [0.1, 0.15) is 58.3 Å². The lowest BCUT2D eigenvalue weighted by Gasteiger charge is -2.29. The summed E-state index contributed by atoms with van der Waals surface area (Å²) in [5, 5.41) is 3.35. The molecular formula is C15H27NO2. The predicted octanol–water partition coefficient (Wildman–Crippen LogP) is 2.89. The van der Waals surface area contributed by atoms with Gasteiger partial charge in [0.2, 0.25) is 0 Å². The van der Waals surface area contributed by atoms with Gasteiger partial charge in [0, 0.05) is 6.42 Å². The highest BCUT2D eigenvalue weighted by atomic mass is 16.5. The van der Waals surface area contributed by atoms with Crippen LogP contribution >= 0.6 is 0 Å². The van der Waals surface area contributed by atoms with E-state index in [1.807, 2.05) is 0 Å². The van der Waals surface area contributed by atoms with Crippen LogP contribution in [0.5, 0.6) is 0 Å². The van der Waals surface area contributed by atoms with Crippen LogP contribution in [-0.4, -0.2) is 25.2 Å². The van der Waals surface area contributed by atoms with Crippen molar-refractivity contribution < 1.29 is 9.53 Å². The second-order valence-corrected chi connectivity index (χ2v) is 5.97. The van der Waals surface area contributed by atoms with Gasteiger partial charge in [-0.25, -0.2) is 0 Å². The maximum Gasteiger partial charge on any atom is 0.306 e. The van der Waals surface area contributed by atoms with Crippen molar-refractivity contribution in [1.82, 2.24) is 5.32 Å². The fraction of sp³-hybridized carbons (Fsp3) is 0.933. The first-order chi connectivity index (χ1) is 8.78. The van der Waals surface area contributed by atoms with Crippen LogP contribution in [0, 0.1) is 11.8 Å². The Balaban J connectivity index is 1.69. The van der Waals surface area contributed by atoms with Crippen LogP contribution in [-0.2, 0) is 9.53 Å². The smallest absolute Gasteiger partial charge is 0.306 e. The summed E-state index contributed by atoms with van der Waals surface area (Å²) in [5.41, 5.74) is 0. The van der Waals surface area contributed by atoms with Crippen molar-refractivity contribution in [3.8, 4) is 0 Å². The Morgan fingerprint density at radius 1 is 1.22 bits per heavy atom. The fourth-order valence-electron chi connectivity index (χ4n) is 3.29. The molecule has 0 bridgehead atoms. The molecule has 3 heteroatoms. The number of rotatable bonds is 4. The Morgan fingerprint density at radius 2 is 2.06 bits per heavy atom. The minimum Gasteiger partial charge on any atom is -0.462 e. The van der Waals surface area contributed by atoms with E-state index in [2.05, 4.69) is 12.2 Å². The number of hydrogen-bond donors (Lipinski definition) is 1. The van der Waals surface area contributed by atoms with Gasteiger partial charge in [0.05, 0.1) is 0 Å². The molecular weight excluding hydrogens is 226 g/mol. The van der Waals surface area contributed by atoms with Crippen LogP contribution in [0.25, 0.3) is 0 Å². The van der Waals surface area contributed by atoms with Crippen LogP contribution in [0.15, 0.2) is 0 Å². The van der Waals surface area contributed by atoms with Gasteiger partial charge < -0.3 is 10.1 Å². The average molecular weight is 253 g/mol. The number of carbonyl (C=O) groups excluding carboxylic acids is 1. The fourth-order valence-corrected chi connectivity index (χ4v) is 3.29. The van der Waals surface area contributed by atoms with E-state index in [-0.39, 0.29) is 12.1 Å². The highest BCUT2D eigenvalue weighted by Gasteiger charge is 2.25. The van der Waals surface area contributed by atoms with Crippen LogP contribution in [0.4, 0.5) is 0 Å². The van der Waals surface area contributed by atoms with Crippen LogP contribution < -0.4 is 5.32 Å². The van der Waals surface area contributed by atoms with Crippen molar-refractivity contribution in [3.05, 3.63) is 0 Å². The number of ether oxygens (including phenoxy) is 1. The maximum absolute atomic E-state index is 11.9. The molecule has 1 saturated heterocycles. The second kappa shape index (κ2) is 7.13. The van der Waals surface area contributed by atoms with Crippen molar-refractivity contribution in [3.63, 3.8) is 0 Å². The topological polar surface area (TPSA) is 38.3 Å². The summed E-state index contributed by atoms with van der Waals surface area (Å²) < 4.78 is 5.66.